The lowest BCUT2D eigenvalue weighted by Gasteiger charge is -2.17. The fraction of sp³-hybridized carbons (Fsp3) is 0.381. The zero-order chi connectivity index (χ0) is 20.3. The van der Waals surface area contributed by atoms with Gasteiger partial charge in [-0.2, -0.15) is 4.31 Å². The van der Waals surface area contributed by atoms with Crippen molar-refractivity contribution in [2.45, 2.75) is 44.6 Å². The van der Waals surface area contributed by atoms with Crippen molar-refractivity contribution in [2.75, 3.05) is 18.4 Å². The van der Waals surface area contributed by atoms with E-state index in [0.717, 1.165) is 24.2 Å². The Bertz CT molecular complexity index is 947. The minimum atomic E-state index is -3.56. The molecule has 3 rings (SSSR count). The summed E-state index contributed by atoms with van der Waals surface area (Å²) >= 11 is 0. The van der Waals surface area contributed by atoms with Crippen molar-refractivity contribution in [1.82, 2.24) is 4.31 Å². The summed E-state index contributed by atoms with van der Waals surface area (Å²) in [5, 5.41) is 2.82. The lowest BCUT2D eigenvalue weighted by atomic mass is 10.1. The molecule has 1 heterocycles. The summed E-state index contributed by atoms with van der Waals surface area (Å²) < 4.78 is 32.6. The van der Waals surface area contributed by atoms with Crippen molar-refractivity contribution in [2.24, 2.45) is 0 Å². The molecular weight excluding hydrogens is 376 g/mol. The summed E-state index contributed by atoms with van der Waals surface area (Å²) in [4.78, 5) is 12.9. The zero-order valence-electron chi connectivity index (χ0n) is 16.4. The molecule has 0 unspecified atom stereocenters. The quantitative estimate of drug-likeness (QED) is 0.797. The number of hydrogen-bond donors (Lipinski definition) is 1. The van der Waals surface area contributed by atoms with Gasteiger partial charge < -0.3 is 10.1 Å². The molecule has 0 saturated carbocycles. The molecular formula is C21H26N2O4S. The highest BCUT2D eigenvalue weighted by Gasteiger charge is 2.28. The predicted octanol–water partition coefficient (Wildman–Crippen LogP) is 3.82. The molecule has 0 atom stereocenters. The standard InChI is InChI=1S/C21H26N2O4S/c1-15(2)27-18-9-7-17(8-10-18)22-21(24)20-14-19(11-6-16(20)3)28(25,26)23-12-4-5-13-23/h6-11,14-15H,4-5,12-13H2,1-3H3,(H,22,24). The van der Waals surface area contributed by atoms with Crippen LogP contribution in [0.5, 0.6) is 5.75 Å². The van der Waals surface area contributed by atoms with Crippen LogP contribution < -0.4 is 10.1 Å². The molecule has 0 bridgehead atoms. The van der Waals surface area contributed by atoms with Crippen LogP contribution in [-0.4, -0.2) is 37.8 Å². The van der Waals surface area contributed by atoms with Gasteiger partial charge in [-0.15, -0.1) is 0 Å². The molecule has 28 heavy (non-hydrogen) atoms. The number of anilines is 1. The monoisotopic (exact) mass is 402 g/mol. The second-order valence-corrected chi connectivity index (χ2v) is 9.17. The highest BCUT2D eigenvalue weighted by molar-refractivity contribution is 7.89. The van der Waals surface area contributed by atoms with Crippen LogP contribution in [0.3, 0.4) is 0 Å². The van der Waals surface area contributed by atoms with E-state index in [1.807, 2.05) is 13.8 Å². The highest BCUT2D eigenvalue weighted by Crippen LogP contribution is 2.24. The van der Waals surface area contributed by atoms with Gasteiger partial charge in [0.1, 0.15) is 5.75 Å². The molecule has 2 aromatic rings. The number of ether oxygens (including phenoxy) is 1. The van der Waals surface area contributed by atoms with Crippen molar-refractivity contribution in [1.29, 1.82) is 0 Å². The number of nitrogens with zero attached hydrogens (tertiary/aromatic N) is 1. The minimum Gasteiger partial charge on any atom is -0.491 e. The van der Waals surface area contributed by atoms with E-state index in [4.69, 9.17) is 4.74 Å². The van der Waals surface area contributed by atoms with Gasteiger partial charge >= 0.3 is 0 Å². The number of hydrogen-bond acceptors (Lipinski definition) is 4. The second-order valence-electron chi connectivity index (χ2n) is 7.23. The molecule has 1 N–H and O–H groups in total. The lowest BCUT2D eigenvalue weighted by Crippen LogP contribution is -2.28. The Morgan fingerprint density at radius 1 is 1.07 bits per heavy atom. The Morgan fingerprint density at radius 3 is 2.32 bits per heavy atom. The molecule has 0 aromatic heterocycles. The van der Waals surface area contributed by atoms with E-state index in [0.29, 0.717) is 24.3 Å². The molecule has 150 valence electrons. The third kappa shape index (κ3) is 4.54. The number of aryl methyl sites for hydroxylation is 1. The minimum absolute atomic E-state index is 0.0726. The Morgan fingerprint density at radius 2 is 1.71 bits per heavy atom. The van der Waals surface area contributed by atoms with E-state index >= 15 is 0 Å². The van der Waals surface area contributed by atoms with Crippen LogP contribution in [-0.2, 0) is 10.0 Å². The molecule has 6 nitrogen and oxygen atoms in total. The SMILES string of the molecule is Cc1ccc(S(=O)(=O)N2CCCC2)cc1C(=O)Nc1ccc(OC(C)C)cc1. The van der Waals surface area contributed by atoms with E-state index in [-0.39, 0.29) is 16.9 Å². The van der Waals surface area contributed by atoms with Crippen LogP contribution in [0.4, 0.5) is 5.69 Å². The molecule has 0 radical (unpaired) electrons. The summed E-state index contributed by atoms with van der Waals surface area (Å²) in [7, 11) is -3.56. The third-order valence-corrected chi connectivity index (χ3v) is 6.54. The molecule has 1 aliphatic heterocycles. The third-order valence-electron chi connectivity index (χ3n) is 4.64. The van der Waals surface area contributed by atoms with Crippen LogP contribution in [0.25, 0.3) is 0 Å². The van der Waals surface area contributed by atoms with E-state index in [1.165, 1.54) is 10.4 Å². The van der Waals surface area contributed by atoms with Gasteiger partial charge in [0.05, 0.1) is 11.0 Å². The summed E-state index contributed by atoms with van der Waals surface area (Å²) in [6.45, 7) is 6.75. The van der Waals surface area contributed by atoms with Gasteiger partial charge in [-0.25, -0.2) is 8.42 Å². The van der Waals surface area contributed by atoms with Crippen LogP contribution in [0, 0.1) is 6.92 Å². The van der Waals surface area contributed by atoms with Crippen molar-refractivity contribution in [3.63, 3.8) is 0 Å². The van der Waals surface area contributed by atoms with Crippen LogP contribution in [0.2, 0.25) is 0 Å². The fourth-order valence-electron chi connectivity index (χ4n) is 3.17. The highest BCUT2D eigenvalue weighted by atomic mass is 32.2. The molecule has 1 amide bonds. The van der Waals surface area contributed by atoms with Gasteiger partial charge in [0.15, 0.2) is 0 Å². The molecule has 1 aliphatic rings. The largest absolute Gasteiger partial charge is 0.491 e. The van der Waals surface area contributed by atoms with Crippen molar-refractivity contribution < 1.29 is 17.9 Å². The Labute approximate surface area is 166 Å². The maximum absolute atomic E-state index is 12.8. The summed E-state index contributed by atoms with van der Waals surface area (Å²) in [5.74, 6) is 0.386. The number of nitrogens with one attached hydrogen (secondary N) is 1. The number of carbonyl (C=O) groups excluding carboxylic acids is 1. The maximum Gasteiger partial charge on any atom is 0.255 e. The summed E-state index contributed by atoms with van der Waals surface area (Å²) in [6, 6.07) is 11.8. The van der Waals surface area contributed by atoms with Crippen molar-refractivity contribution in [3.8, 4) is 5.75 Å². The predicted molar refractivity (Wildman–Crippen MR) is 109 cm³/mol. The number of carbonyl (C=O) groups is 1. The zero-order valence-corrected chi connectivity index (χ0v) is 17.3. The topological polar surface area (TPSA) is 75.7 Å². The Balaban J connectivity index is 1.80. The molecule has 7 heteroatoms. The number of benzene rings is 2. The van der Waals surface area contributed by atoms with Crippen molar-refractivity contribution in [3.05, 3.63) is 53.6 Å². The van der Waals surface area contributed by atoms with E-state index in [2.05, 4.69) is 5.32 Å². The average Bonchev–Trinajstić information content (AvgIpc) is 3.18. The number of sulfonamides is 1. The van der Waals surface area contributed by atoms with Gasteiger partial charge in [0, 0.05) is 24.3 Å². The van der Waals surface area contributed by atoms with E-state index in [9.17, 15) is 13.2 Å². The Kier molecular flexibility index (Phi) is 6.05. The van der Waals surface area contributed by atoms with E-state index < -0.39 is 10.0 Å². The van der Waals surface area contributed by atoms with E-state index in [1.54, 1.807) is 43.3 Å². The lowest BCUT2D eigenvalue weighted by molar-refractivity contribution is 0.102. The maximum atomic E-state index is 12.8. The molecule has 2 aromatic carbocycles. The van der Waals surface area contributed by atoms with Crippen LogP contribution >= 0.6 is 0 Å². The number of amides is 1. The first-order valence-electron chi connectivity index (χ1n) is 9.46. The molecule has 0 aliphatic carbocycles. The van der Waals surface area contributed by atoms with Gasteiger partial charge in [0.2, 0.25) is 10.0 Å². The molecule has 1 saturated heterocycles. The normalized spacial score (nSPS) is 15.0. The first kappa shape index (κ1) is 20.4. The van der Waals surface area contributed by atoms with Gasteiger partial charge in [-0.05, 0) is 75.6 Å². The summed E-state index contributed by atoms with van der Waals surface area (Å²) in [5.41, 5.74) is 1.69. The van der Waals surface area contributed by atoms with Crippen LogP contribution in [0.1, 0.15) is 42.6 Å². The first-order valence-corrected chi connectivity index (χ1v) is 10.9. The molecule has 0 spiro atoms. The molecule has 1 fully saturated rings. The van der Waals surface area contributed by atoms with Gasteiger partial charge in [-0.1, -0.05) is 6.07 Å². The fourth-order valence-corrected chi connectivity index (χ4v) is 4.72. The second kappa shape index (κ2) is 8.32. The Hall–Kier alpha value is -2.38. The number of rotatable bonds is 6. The van der Waals surface area contributed by atoms with Gasteiger partial charge in [-0.3, -0.25) is 4.79 Å². The first-order chi connectivity index (χ1) is 13.3. The van der Waals surface area contributed by atoms with Gasteiger partial charge in [0.25, 0.3) is 5.91 Å². The van der Waals surface area contributed by atoms with Crippen molar-refractivity contribution >= 4 is 21.6 Å². The smallest absolute Gasteiger partial charge is 0.255 e. The van der Waals surface area contributed by atoms with Crippen LogP contribution in [0.15, 0.2) is 47.4 Å². The average molecular weight is 403 g/mol. The summed E-state index contributed by atoms with van der Waals surface area (Å²) in [6.07, 6.45) is 1.81.